The number of aliphatic imine (C=N–C) groups is 1. The monoisotopic (exact) mass is 709 g/mol. The predicted octanol–water partition coefficient (Wildman–Crippen LogP) is 12.9. The zero-order chi connectivity index (χ0) is 37.6. The van der Waals surface area contributed by atoms with E-state index in [9.17, 15) is 0 Å². The summed E-state index contributed by atoms with van der Waals surface area (Å²) in [6, 6.07) is 47.9. The number of amidine groups is 1. The number of nitrogens with two attached hydrogens (primary N) is 1. The number of anilines is 2. The fraction of sp³-hybridized carbons (Fsp3) is 0.0577. The molecule has 0 saturated heterocycles. The van der Waals surface area contributed by atoms with Crippen LogP contribution in [0.4, 0.5) is 11.4 Å². The molecule has 0 radical (unpaired) electrons. The van der Waals surface area contributed by atoms with Crippen LogP contribution in [0.25, 0.3) is 38.7 Å². The van der Waals surface area contributed by atoms with E-state index in [0.717, 1.165) is 46.1 Å². The van der Waals surface area contributed by atoms with Gasteiger partial charge in [-0.2, -0.15) is 0 Å². The Labute approximate surface area is 324 Å². The maximum absolute atomic E-state index is 6.67. The van der Waals surface area contributed by atoms with Crippen LogP contribution in [0.2, 0.25) is 0 Å². The summed E-state index contributed by atoms with van der Waals surface area (Å²) in [6.45, 7) is 7.84. The lowest BCUT2D eigenvalue weighted by atomic mass is 9.89. The standard InChI is InChI=1S/C52H43N3/c1-3-17-38(4-2)52(53)54-49(32-28-37-18-16-22-40(34-37)39-19-8-7-9-20-39)48-31-30-45(46-25-13-14-26-47(46)48)41-29-33-51-43(35-41)36-42-21-12-15-27-50(42)55(51)44-23-10-5-6-11-24-44/h3-5,7-27,29-35H,1-2,6,28,36H2,(H2,53,54)/b38-17+,49-32-. The van der Waals surface area contributed by atoms with Crippen LogP contribution >= 0.6 is 0 Å². The summed E-state index contributed by atoms with van der Waals surface area (Å²) in [5, 5.41) is 2.27. The molecule has 0 saturated carbocycles. The van der Waals surface area contributed by atoms with Gasteiger partial charge in [0, 0.05) is 34.6 Å². The second kappa shape index (κ2) is 16.0. The first-order valence-corrected chi connectivity index (χ1v) is 18.8. The topological polar surface area (TPSA) is 41.6 Å². The van der Waals surface area contributed by atoms with E-state index in [1.165, 1.54) is 50.3 Å². The number of fused-ring (bicyclic) bond motifs is 3. The number of benzene rings is 6. The fourth-order valence-electron chi connectivity index (χ4n) is 7.61. The normalized spacial score (nSPS) is 14.2. The Morgan fingerprint density at radius 1 is 0.709 bits per heavy atom. The Bertz CT molecular complexity index is 2610. The molecule has 266 valence electrons. The lowest BCUT2D eigenvalue weighted by Gasteiger charge is -2.34. The Kier molecular flexibility index (Phi) is 10.2. The van der Waals surface area contributed by atoms with Crippen molar-refractivity contribution in [3.63, 3.8) is 0 Å². The highest BCUT2D eigenvalue weighted by Crippen LogP contribution is 2.44. The van der Waals surface area contributed by atoms with Crippen molar-refractivity contribution in [1.82, 2.24) is 0 Å². The lowest BCUT2D eigenvalue weighted by molar-refractivity contribution is 1.06. The molecule has 1 heterocycles. The zero-order valence-electron chi connectivity index (χ0n) is 30.9. The van der Waals surface area contributed by atoms with E-state index in [1.807, 2.05) is 12.1 Å². The molecule has 0 aromatic heterocycles. The van der Waals surface area contributed by atoms with Gasteiger partial charge < -0.3 is 10.6 Å². The molecular formula is C52H43N3. The average Bonchev–Trinajstić information content (AvgIpc) is 3.53. The smallest absolute Gasteiger partial charge is 0.131 e. The molecule has 6 aromatic carbocycles. The Hall–Kier alpha value is -6.97. The number of nitrogens with zero attached hydrogens (tertiary/aromatic N) is 2. The number of rotatable bonds is 10. The van der Waals surface area contributed by atoms with Crippen molar-refractivity contribution in [1.29, 1.82) is 0 Å². The van der Waals surface area contributed by atoms with E-state index < -0.39 is 0 Å². The zero-order valence-corrected chi connectivity index (χ0v) is 30.9. The van der Waals surface area contributed by atoms with Crippen LogP contribution in [-0.2, 0) is 12.8 Å². The third kappa shape index (κ3) is 7.33. The van der Waals surface area contributed by atoms with E-state index in [1.54, 1.807) is 12.2 Å². The summed E-state index contributed by atoms with van der Waals surface area (Å²) < 4.78 is 0. The first-order chi connectivity index (χ1) is 27.1. The SMILES string of the molecule is C=C/C=C(C=C)/C(N)=N/C(=C\Cc1cccc(-c2ccccc2)c1)c1ccc(-c2ccc3c(c2)Cc2ccccc2N3C2=CC=CCC=C2)c2ccccc12. The Morgan fingerprint density at radius 2 is 1.49 bits per heavy atom. The molecule has 0 atom stereocenters. The maximum atomic E-state index is 6.67. The van der Waals surface area contributed by atoms with Gasteiger partial charge in [0.1, 0.15) is 5.84 Å². The van der Waals surface area contributed by atoms with Crippen molar-refractivity contribution in [3.8, 4) is 22.3 Å². The summed E-state index contributed by atoms with van der Waals surface area (Å²) in [5.74, 6) is 0.390. The molecule has 0 amide bonds. The fourth-order valence-corrected chi connectivity index (χ4v) is 7.61. The van der Waals surface area contributed by atoms with Gasteiger partial charge >= 0.3 is 0 Å². The molecule has 1 aliphatic heterocycles. The van der Waals surface area contributed by atoms with Crippen LogP contribution < -0.4 is 10.6 Å². The first kappa shape index (κ1) is 35.1. The second-order valence-corrected chi connectivity index (χ2v) is 13.8. The molecule has 0 unspecified atom stereocenters. The minimum atomic E-state index is 0.390. The molecule has 55 heavy (non-hydrogen) atoms. The van der Waals surface area contributed by atoms with Gasteiger partial charge in [-0.05, 0) is 92.9 Å². The molecule has 3 nitrogen and oxygen atoms in total. The average molecular weight is 710 g/mol. The molecule has 8 rings (SSSR count). The second-order valence-electron chi connectivity index (χ2n) is 13.8. The summed E-state index contributed by atoms with van der Waals surface area (Å²) >= 11 is 0. The van der Waals surface area contributed by atoms with Crippen molar-refractivity contribution in [2.45, 2.75) is 19.3 Å². The number of hydrogen-bond acceptors (Lipinski definition) is 2. The van der Waals surface area contributed by atoms with Crippen molar-refractivity contribution in [2.24, 2.45) is 10.7 Å². The highest BCUT2D eigenvalue weighted by molar-refractivity contribution is 6.07. The van der Waals surface area contributed by atoms with Crippen LogP contribution in [0.3, 0.4) is 0 Å². The summed E-state index contributed by atoms with van der Waals surface area (Å²) in [7, 11) is 0. The van der Waals surface area contributed by atoms with Crippen molar-refractivity contribution >= 4 is 33.7 Å². The molecule has 3 heteroatoms. The minimum absolute atomic E-state index is 0.390. The van der Waals surface area contributed by atoms with E-state index in [0.29, 0.717) is 12.3 Å². The number of para-hydroxylation sites is 1. The van der Waals surface area contributed by atoms with Gasteiger partial charge in [-0.15, -0.1) is 0 Å². The van der Waals surface area contributed by atoms with E-state index >= 15 is 0 Å². The summed E-state index contributed by atoms with van der Waals surface area (Å²) in [6.07, 6.45) is 21.0. The van der Waals surface area contributed by atoms with Crippen molar-refractivity contribution < 1.29 is 0 Å². The molecule has 6 aromatic rings. The molecule has 2 aliphatic rings. The molecular weight excluding hydrogens is 667 g/mol. The summed E-state index contributed by atoms with van der Waals surface area (Å²) in [4.78, 5) is 7.47. The lowest BCUT2D eigenvalue weighted by Crippen LogP contribution is -2.22. The first-order valence-electron chi connectivity index (χ1n) is 18.8. The maximum Gasteiger partial charge on any atom is 0.131 e. The van der Waals surface area contributed by atoms with Gasteiger partial charge in [0.05, 0.1) is 5.70 Å². The van der Waals surface area contributed by atoms with Crippen molar-refractivity contribution in [2.75, 3.05) is 4.90 Å². The van der Waals surface area contributed by atoms with Gasteiger partial charge in [0.25, 0.3) is 0 Å². The van der Waals surface area contributed by atoms with Crippen LogP contribution in [-0.4, -0.2) is 5.84 Å². The van der Waals surface area contributed by atoms with E-state index in [-0.39, 0.29) is 0 Å². The number of hydrogen-bond donors (Lipinski definition) is 1. The van der Waals surface area contributed by atoms with E-state index in [2.05, 4.69) is 182 Å². The molecule has 0 bridgehead atoms. The van der Waals surface area contributed by atoms with E-state index in [4.69, 9.17) is 10.7 Å². The largest absolute Gasteiger partial charge is 0.383 e. The third-order valence-corrected chi connectivity index (χ3v) is 10.3. The molecule has 1 aliphatic carbocycles. The quantitative estimate of drug-likeness (QED) is 0.0874. The molecule has 0 fully saturated rings. The minimum Gasteiger partial charge on any atom is -0.383 e. The van der Waals surface area contributed by atoms with Gasteiger partial charge in [0.2, 0.25) is 0 Å². The third-order valence-electron chi connectivity index (χ3n) is 10.3. The van der Waals surface area contributed by atoms with Crippen LogP contribution in [0.15, 0.2) is 218 Å². The molecule has 2 N–H and O–H groups in total. The highest BCUT2D eigenvalue weighted by Gasteiger charge is 2.25. The van der Waals surface area contributed by atoms with Gasteiger partial charge in [-0.25, -0.2) is 4.99 Å². The number of allylic oxidation sites excluding steroid dienone is 8. The Balaban J connectivity index is 1.22. The van der Waals surface area contributed by atoms with Gasteiger partial charge in [-0.3, -0.25) is 0 Å². The predicted molar refractivity (Wildman–Crippen MR) is 235 cm³/mol. The summed E-state index contributed by atoms with van der Waals surface area (Å²) in [5.41, 5.74) is 21.4. The molecule has 0 spiro atoms. The highest BCUT2D eigenvalue weighted by atomic mass is 15.2. The Morgan fingerprint density at radius 3 is 2.35 bits per heavy atom. The van der Waals surface area contributed by atoms with Crippen LogP contribution in [0.1, 0.15) is 28.7 Å². The van der Waals surface area contributed by atoms with Gasteiger partial charge in [-0.1, -0.05) is 171 Å². The van der Waals surface area contributed by atoms with Crippen molar-refractivity contribution in [3.05, 3.63) is 235 Å². The van der Waals surface area contributed by atoms with Crippen LogP contribution in [0.5, 0.6) is 0 Å². The van der Waals surface area contributed by atoms with Crippen LogP contribution in [0, 0.1) is 0 Å². The van der Waals surface area contributed by atoms with Gasteiger partial charge in [0.15, 0.2) is 0 Å².